The molecule has 0 saturated heterocycles. The van der Waals surface area contributed by atoms with E-state index in [0.29, 0.717) is 31.1 Å². The average molecular weight is 536 g/mol. The van der Waals surface area contributed by atoms with E-state index in [9.17, 15) is 4.79 Å². The van der Waals surface area contributed by atoms with Gasteiger partial charge in [-0.05, 0) is 42.0 Å². The summed E-state index contributed by atoms with van der Waals surface area (Å²) >= 11 is 3.44. The van der Waals surface area contributed by atoms with Gasteiger partial charge in [-0.1, -0.05) is 28.1 Å². The van der Waals surface area contributed by atoms with Gasteiger partial charge in [0, 0.05) is 43.7 Å². The van der Waals surface area contributed by atoms with Gasteiger partial charge in [0.1, 0.15) is 12.4 Å². The quantitative estimate of drug-likeness (QED) is 0.205. The van der Waals surface area contributed by atoms with E-state index in [4.69, 9.17) is 29.0 Å². The van der Waals surface area contributed by atoms with Crippen molar-refractivity contribution in [2.45, 2.75) is 24.7 Å². The van der Waals surface area contributed by atoms with Crippen LogP contribution in [0, 0.1) is 0 Å². The zero-order chi connectivity index (χ0) is 24.4. The van der Waals surface area contributed by atoms with Gasteiger partial charge >= 0.3 is 0 Å². The second-order valence-corrected chi connectivity index (χ2v) is 8.64. The molecule has 0 unspecified atom stereocenters. The molecule has 1 heterocycles. The van der Waals surface area contributed by atoms with E-state index in [-0.39, 0.29) is 25.7 Å². The Morgan fingerprint density at radius 1 is 1.18 bits per heavy atom. The van der Waals surface area contributed by atoms with Crippen LogP contribution in [-0.2, 0) is 25.4 Å². The Morgan fingerprint density at radius 3 is 2.53 bits per heavy atom. The van der Waals surface area contributed by atoms with Gasteiger partial charge in [-0.2, -0.15) is 0 Å². The number of aliphatic hydroxyl groups is 1. The maximum atomic E-state index is 13.3. The predicted octanol–water partition coefficient (Wildman–Crippen LogP) is 2.21. The lowest BCUT2D eigenvalue weighted by molar-refractivity contribution is -0.129. The summed E-state index contributed by atoms with van der Waals surface area (Å²) in [6.07, 6.45) is 0.423. The van der Waals surface area contributed by atoms with Crippen LogP contribution >= 0.6 is 15.9 Å². The molecule has 184 valence electrons. The molecule has 0 aromatic heterocycles. The summed E-state index contributed by atoms with van der Waals surface area (Å²) in [5.41, 5.74) is 6.12. The first-order valence-corrected chi connectivity index (χ1v) is 11.7. The van der Waals surface area contributed by atoms with Crippen LogP contribution in [0.1, 0.15) is 17.5 Å². The number of carbonyl (C=O) groups excluding carboxylic acids is 1. The molecule has 0 aliphatic carbocycles. The van der Waals surface area contributed by atoms with Crippen molar-refractivity contribution in [3.8, 4) is 5.75 Å². The summed E-state index contributed by atoms with van der Waals surface area (Å²) in [6.45, 7) is 0.877. The lowest BCUT2D eigenvalue weighted by atomic mass is 9.91. The number of methoxy groups -OCH3 is 2. The molecule has 0 fully saturated rings. The summed E-state index contributed by atoms with van der Waals surface area (Å²) in [5.74, 6) is 0.755. The monoisotopic (exact) mass is 535 g/mol. The van der Waals surface area contributed by atoms with Crippen molar-refractivity contribution in [1.82, 2.24) is 10.9 Å². The van der Waals surface area contributed by atoms with Crippen LogP contribution in [0.5, 0.6) is 5.75 Å². The maximum absolute atomic E-state index is 13.3. The topological polar surface area (TPSA) is 111 Å². The fourth-order valence-corrected chi connectivity index (χ4v) is 3.63. The summed E-state index contributed by atoms with van der Waals surface area (Å²) in [7, 11) is 3.05. The molecule has 1 atom stereocenters. The second kappa shape index (κ2) is 12.8. The third kappa shape index (κ3) is 7.00. The van der Waals surface area contributed by atoms with Crippen LogP contribution in [0.15, 0.2) is 58.0 Å². The van der Waals surface area contributed by atoms with E-state index in [1.807, 2.05) is 48.5 Å². The fraction of sp³-hybridized carbons (Fsp3) is 0.417. The fourth-order valence-electron chi connectivity index (χ4n) is 3.36. The van der Waals surface area contributed by atoms with Gasteiger partial charge in [0.25, 0.3) is 5.91 Å². The molecule has 1 aliphatic rings. The molecular formula is C24H30BrN3O6. The Hall–Kier alpha value is -2.50. The smallest absolute Gasteiger partial charge is 0.266 e. The SMILES string of the molecule is COC(CNNC(=O)[C@]1(Cc2ccc(Br)cc2)COC(c2ccc(OCCCO)cc2)=N1)OC. The molecular weight excluding hydrogens is 506 g/mol. The van der Waals surface area contributed by atoms with E-state index in [1.165, 1.54) is 14.2 Å². The van der Waals surface area contributed by atoms with E-state index in [0.717, 1.165) is 15.6 Å². The first-order chi connectivity index (χ1) is 16.5. The number of carbonyl (C=O) groups is 1. The van der Waals surface area contributed by atoms with Gasteiger partial charge in [0.2, 0.25) is 5.90 Å². The van der Waals surface area contributed by atoms with Crippen molar-refractivity contribution in [3.63, 3.8) is 0 Å². The number of halogens is 1. The largest absolute Gasteiger partial charge is 0.494 e. The number of ether oxygens (including phenoxy) is 4. The number of aliphatic hydroxyl groups excluding tert-OH is 1. The van der Waals surface area contributed by atoms with Crippen LogP contribution in [0.25, 0.3) is 0 Å². The van der Waals surface area contributed by atoms with Crippen molar-refractivity contribution < 1.29 is 28.8 Å². The highest BCUT2D eigenvalue weighted by atomic mass is 79.9. The molecule has 0 spiro atoms. The summed E-state index contributed by atoms with van der Waals surface area (Å²) in [5, 5.41) is 8.89. The summed E-state index contributed by atoms with van der Waals surface area (Å²) < 4.78 is 22.7. The van der Waals surface area contributed by atoms with Gasteiger partial charge in [0.05, 0.1) is 13.2 Å². The van der Waals surface area contributed by atoms with Gasteiger partial charge in [-0.15, -0.1) is 0 Å². The zero-order valence-electron chi connectivity index (χ0n) is 19.3. The molecule has 2 aromatic carbocycles. The van der Waals surface area contributed by atoms with Crippen LogP contribution in [0.2, 0.25) is 0 Å². The summed E-state index contributed by atoms with van der Waals surface area (Å²) in [4.78, 5) is 18.0. The highest BCUT2D eigenvalue weighted by Crippen LogP contribution is 2.28. The number of nitrogens with zero attached hydrogens (tertiary/aromatic N) is 1. The van der Waals surface area contributed by atoms with Crippen LogP contribution < -0.4 is 15.6 Å². The van der Waals surface area contributed by atoms with Gasteiger partial charge < -0.3 is 24.1 Å². The van der Waals surface area contributed by atoms with Crippen molar-refractivity contribution in [2.24, 2.45) is 4.99 Å². The normalized spacial score (nSPS) is 17.4. The predicted molar refractivity (Wildman–Crippen MR) is 131 cm³/mol. The van der Waals surface area contributed by atoms with E-state index >= 15 is 0 Å². The molecule has 1 aliphatic heterocycles. The van der Waals surface area contributed by atoms with Gasteiger partial charge in [-0.3, -0.25) is 10.2 Å². The van der Waals surface area contributed by atoms with E-state index in [2.05, 4.69) is 26.8 Å². The molecule has 3 rings (SSSR count). The molecule has 0 bridgehead atoms. The van der Waals surface area contributed by atoms with E-state index in [1.54, 1.807) is 0 Å². The second-order valence-electron chi connectivity index (χ2n) is 7.73. The number of nitrogens with one attached hydrogen (secondary N) is 2. The lowest BCUT2D eigenvalue weighted by Crippen LogP contribution is -2.54. The molecule has 34 heavy (non-hydrogen) atoms. The molecule has 9 nitrogen and oxygen atoms in total. The average Bonchev–Trinajstić information content (AvgIpc) is 3.29. The van der Waals surface area contributed by atoms with Gasteiger partial charge in [0.15, 0.2) is 11.8 Å². The minimum absolute atomic E-state index is 0.0810. The Morgan fingerprint density at radius 2 is 1.88 bits per heavy atom. The first-order valence-electron chi connectivity index (χ1n) is 10.9. The third-order valence-electron chi connectivity index (χ3n) is 5.26. The third-order valence-corrected chi connectivity index (χ3v) is 5.79. The Labute approximate surface area is 207 Å². The molecule has 2 aromatic rings. The van der Waals surface area contributed by atoms with Crippen molar-refractivity contribution in [2.75, 3.05) is 40.6 Å². The van der Waals surface area contributed by atoms with Crippen molar-refractivity contribution >= 4 is 27.7 Å². The number of hydrazine groups is 1. The first kappa shape index (κ1) is 26.1. The molecule has 0 saturated carbocycles. The molecule has 1 amide bonds. The van der Waals surface area contributed by atoms with Crippen LogP contribution in [-0.4, -0.2) is 69.3 Å². The lowest BCUT2D eigenvalue weighted by Gasteiger charge is -2.24. The summed E-state index contributed by atoms with van der Waals surface area (Å²) in [6, 6.07) is 15.0. The van der Waals surface area contributed by atoms with Crippen LogP contribution in [0.4, 0.5) is 0 Å². The highest BCUT2D eigenvalue weighted by Gasteiger charge is 2.44. The number of rotatable bonds is 13. The minimum atomic E-state index is -1.15. The number of amides is 1. The Kier molecular flexibility index (Phi) is 9.85. The Bertz CT molecular complexity index is 950. The number of hydrogen-bond donors (Lipinski definition) is 3. The maximum Gasteiger partial charge on any atom is 0.266 e. The molecule has 10 heteroatoms. The van der Waals surface area contributed by atoms with Crippen molar-refractivity contribution in [3.05, 3.63) is 64.1 Å². The zero-order valence-corrected chi connectivity index (χ0v) is 20.8. The number of aliphatic imine (C=N–C) groups is 1. The van der Waals surface area contributed by atoms with Gasteiger partial charge in [-0.25, -0.2) is 10.4 Å². The van der Waals surface area contributed by atoms with E-state index < -0.39 is 11.8 Å². The standard InChI is InChI=1S/C24H30BrN3O6/c1-31-21(32-2)15-26-28-23(30)24(14-17-4-8-19(25)9-5-17)16-34-22(27-24)18-6-10-20(11-7-18)33-13-3-12-29/h4-11,21,26,29H,3,12-16H2,1-2H3,(H,28,30)/t24-/m0/s1. The van der Waals surface area contributed by atoms with Crippen molar-refractivity contribution in [1.29, 1.82) is 0 Å². The molecule has 0 radical (unpaired) electrons. The van der Waals surface area contributed by atoms with Crippen LogP contribution in [0.3, 0.4) is 0 Å². The minimum Gasteiger partial charge on any atom is -0.494 e. The Balaban J connectivity index is 1.78. The molecule has 3 N–H and O–H groups in total. The highest BCUT2D eigenvalue weighted by molar-refractivity contribution is 9.10. The number of hydrogen-bond acceptors (Lipinski definition) is 8. The number of benzene rings is 2.